The zero-order valence-corrected chi connectivity index (χ0v) is 18.1. The molecule has 1 aromatic carbocycles. The molecular formula is C22H27NO8. The zero-order chi connectivity index (χ0) is 22.5. The van der Waals surface area contributed by atoms with E-state index in [9.17, 15) is 14.7 Å². The number of hydrogen-bond donors (Lipinski definition) is 1. The van der Waals surface area contributed by atoms with Crippen LogP contribution in [-0.2, 0) is 20.8 Å². The molecule has 0 spiro atoms. The summed E-state index contributed by atoms with van der Waals surface area (Å²) in [5.41, 5.74) is 0.905. The molecule has 168 valence electrons. The Bertz CT molecular complexity index is 1010. The normalized spacial score (nSPS) is 13.2. The lowest BCUT2D eigenvalue weighted by Gasteiger charge is -2.21. The van der Waals surface area contributed by atoms with Crippen LogP contribution >= 0.6 is 0 Å². The lowest BCUT2D eigenvalue weighted by molar-refractivity contribution is -0.140. The summed E-state index contributed by atoms with van der Waals surface area (Å²) >= 11 is 0. The van der Waals surface area contributed by atoms with Gasteiger partial charge in [-0.25, -0.2) is 0 Å². The fourth-order valence-corrected chi connectivity index (χ4v) is 3.73. The number of carbonyl (C=O) groups excluding carboxylic acids is 1. The van der Waals surface area contributed by atoms with Crippen molar-refractivity contribution >= 4 is 5.97 Å². The molecule has 1 aromatic heterocycles. The molecule has 2 heterocycles. The maximum absolute atomic E-state index is 13.4. The van der Waals surface area contributed by atoms with Gasteiger partial charge in [0, 0.05) is 31.9 Å². The van der Waals surface area contributed by atoms with Gasteiger partial charge in [0.25, 0.3) is 5.56 Å². The molecule has 3 rings (SSSR count). The molecule has 9 heteroatoms. The summed E-state index contributed by atoms with van der Waals surface area (Å²) in [6.07, 6.45) is 0.476. The van der Waals surface area contributed by atoms with Crippen LogP contribution < -0.4 is 19.8 Å². The Hall–Kier alpha value is -3.20. The van der Waals surface area contributed by atoms with E-state index in [1.165, 1.54) is 20.3 Å². The van der Waals surface area contributed by atoms with Gasteiger partial charge in [0.15, 0.2) is 11.5 Å². The minimum absolute atomic E-state index is 0.0406. The van der Waals surface area contributed by atoms with Crippen LogP contribution in [0.4, 0.5) is 0 Å². The number of pyridine rings is 1. The van der Waals surface area contributed by atoms with Gasteiger partial charge < -0.3 is 33.4 Å². The Morgan fingerprint density at radius 3 is 2.68 bits per heavy atom. The number of aromatic nitrogens is 1. The number of esters is 1. The van der Waals surface area contributed by atoms with Crippen molar-refractivity contribution in [1.82, 2.24) is 4.57 Å². The fourth-order valence-electron chi connectivity index (χ4n) is 3.73. The van der Waals surface area contributed by atoms with Crippen molar-refractivity contribution in [3.8, 4) is 23.0 Å². The third-order valence-corrected chi connectivity index (χ3v) is 5.28. The molecule has 0 aliphatic carbocycles. The maximum atomic E-state index is 13.4. The molecule has 1 atom stereocenters. The van der Waals surface area contributed by atoms with Crippen molar-refractivity contribution < 1.29 is 33.6 Å². The summed E-state index contributed by atoms with van der Waals surface area (Å²) in [6.45, 7) is 2.70. The Morgan fingerprint density at radius 1 is 1.23 bits per heavy atom. The van der Waals surface area contributed by atoms with Gasteiger partial charge in [-0.3, -0.25) is 9.59 Å². The molecule has 0 amide bonds. The van der Waals surface area contributed by atoms with E-state index in [0.29, 0.717) is 48.1 Å². The first-order valence-electron chi connectivity index (χ1n) is 9.87. The quantitative estimate of drug-likeness (QED) is 0.475. The van der Waals surface area contributed by atoms with Gasteiger partial charge in [0.2, 0.25) is 12.5 Å². The number of benzene rings is 1. The molecule has 9 nitrogen and oxygen atoms in total. The van der Waals surface area contributed by atoms with E-state index in [1.807, 2.05) is 0 Å². The van der Waals surface area contributed by atoms with Gasteiger partial charge in [-0.2, -0.15) is 0 Å². The zero-order valence-electron chi connectivity index (χ0n) is 18.1. The lowest BCUT2D eigenvalue weighted by Crippen LogP contribution is -2.29. The minimum Gasteiger partial charge on any atom is -0.507 e. The van der Waals surface area contributed by atoms with Gasteiger partial charge in [0.05, 0.1) is 26.2 Å². The average Bonchev–Trinajstić information content (AvgIpc) is 3.23. The highest BCUT2D eigenvalue weighted by Gasteiger charge is 2.30. The number of carbonyl (C=O) groups is 1. The third-order valence-electron chi connectivity index (χ3n) is 5.28. The average molecular weight is 433 g/mol. The first-order chi connectivity index (χ1) is 14.9. The second-order valence-electron chi connectivity index (χ2n) is 7.18. The third kappa shape index (κ3) is 4.61. The van der Waals surface area contributed by atoms with Crippen LogP contribution in [0.15, 0.2) is 23.0 Å². The lowest BCUT2D eigenvalue weighted by atomic mass is 9.88. The summed E-state index contributed by atoms with van der Waals surface area (Å²) < 4.78 is 27.8. The highest BCUT2D eigenvalue weighted by atomic mass is 16.7. The molecule has 31 heavy (non-hydrogen) atoms. The molecule has 1 aliphatic rings. The summed E-state index contributed by atoms with van der Waals surface area (Å²) in [6, 6.07) is 4.89. The summed E-state index contributed by atoms with van der Waals surface area (Å²) in [7, 11) is 4.36. The number of methoxy groups -OCH3 is 3. The predicted molar refractivity (Wildman–Crippen MR) is 111 cm³/mol. The number of hydrogen-bond acceptors (Lipinski definition) is 8. The summed E-state index contributed by atoms with van der Waals surface area (Å²) in [4.78, 5) is 25.6. The molecule has 0 bridgehead atoms. The molecule has 0 saturated heterocycles. The van der Waals surface area contributed by atoms with E-state index in [1.54, 1.807) is 30.7 Å². The number of aromatic hydroxyl groups is 1. The SMILES string of the molecule is COCCCn1c(C)cc(O)c(C(CC(=O)OC)c2cc(OC)c3c(c2)OCO3)c1=O. The predicted octanol–water partition coefficient (Wildman–Crippen LogP) is 2.33. The Kier molecular flexibility index (Phi) is 7.06. The van der Waals surface area contributed by atoms with E-state index >= 15 is 0 Å². The molecule has 1 aliphatic heterocycles. The van der Waals surface area contributed by atoms with Crippen LogP contribution in [0.2, 0.25) is 0 Å². The van der Waals surface area contributed by atoms with E-state index in [0.717, 1.165) is 0 Å². The molecule has 1 N–H and O–H groups in total. The van der Waals surface area contributed by atoms with Crippen LogP contribution in [0, 0.1) is 6.92 Å². The van der Waals surface area contributed by atoms with Crippen molar-refractivity contribution in [2.45, 2.75) is 32.2 Å². The van der Waals surface area contributed by atoms with Crippen LogP contribution in [0.3, 0.4) is 0 Å². The Labute approximate surface area is 180 Å². The van der Waals surface area contributed by atoms with Gasteiger partial charge in [-0.15, -0.1) is 0 Å². The van der Waals surface area contributed by atoms with E-state index in [4.69, 9.17) is 23.7 Å². The van der Waals surface area contributed by atoms with E-state index in [2.05, 4.69) is 0 Å². The van der Waals surface area contributed by atoms with Gasteiger partial charge in [0.1, 0.15) is 5.75 Å². The first-order valence-corrected chi connectivity index (χ1v) is 9.87. The van der Waals surface area contributed by atoms with E-state index in [-0.39, 0.29) is 30.1 Å². The van der Waals surface area contributed by atoms with Crippen molar-refractivity contribution in [2.75, 3.05) is 34.7 Å². The van der Waals surface area contributed by atoms with Gasteiger partial charge in [-0.1, -0.05) is 0 Å². The van der Waals surface area contributed by atoms with Crippen molar-refractivity contribution in [2.24, 2.45) is 0 Å². The number of rotatable bonds is 9. The molecule has 0 radical (unpaired) electrons. The highest BCUT2D eigenvalue weighted by molar-refractivity contribution is 5.72. The minimum atomic E-state index is -0.780. The molecule has 1 unspecified atom stereocenters. The standard InChI is InChI=1S/C22H27NO8/c1-13-8-16(24)20(22(26)23(13)6-5-7-27-2)15(11-19(25)29-4)14-9-17(28-3)21-18(10-14)30-12-31-21/h8-10,15,24H,5-7,11-12H2,1-4H3. The van der Waals surface area contributed by atoms with Crippen LogP contribution in [0.1, 0.15) is 35.6 Å². The van der Waals surface area contributed by atoms with Crippen LogP contribution in [0.25, 0.3) is 0 Å². The molecule has 0 saturated carbocycles. The Balaban J connectivity index is 2.15. The summed E-state index contributed by atoms with van der Waals surface area (Å²) in [5.74, 6) is -0.183. The molecular weight excluding hydrogens is 406 g/mol. The first kappa shape index (κ1) is 22.5. The Morgan fingerprint density at radius 2 is 2.00 bits per heavy atom. The maximum Gasteiger partial charge on any atom is 0.306 e. The molecule has 0 fully saturated rings. The monoisotopic (exact) mass is 433 g/mol. The number of aryl methyl sites for hydroxylation is 1. The number of nitrogens with zero attached hydrogens (tertiary/aromatic N) is 1. The largest absolute Gasteiger partial charge is 0.507 e. The number of fused-ring (bicyclic) bond motifs is 1. The van der Waals surface area contributed by atoms with Crippen LogP contribution in [-0.4, -0.2) is 50.4 Å². The molecule has 2 aromatic rings. The number of ether oxygens (including phenoxy) is 5. The van der Waals surface area contributed by atoms with Gasteiger partial charge >= 0.3 is 5.97 Å². The topological polar surface area (TPSA) is 105 Å². The van der Waals surface area contributed by atoms with Crippen molar-refractivity contribution in [1.29, 1.82) is 0 Å². The van der Waals surface area contributed by atoms with E-state index < -0.39 is 11.9 Å². The van der Waals surface area contributed by atoms with Gasteiger partial charge in [-0.05, 0) is 37.1 Å². The van der Waals surface area contributed by atoms with Crippen LogP contribution in [0.5, 0.6) is 23.0 Å². The summed E-state index contributed by atoms with van der Waals surface area (Å²) in [5, 5.41) is 10.7. The van der Waals surface area contributed by atoms with Crippen molar-refractivity contribution in [3.05, 3.63) is 45.4 Å². The second kappa shape index (κ2) is 9.74. The smallest absolute Gasteiger partial charge is 0.306 e. The van der Waals surface area contributed by atoms with Crippen molar-refractivity contribution in [3.63, 3.8) is 0 Å². The highest BCUT2D eigenvalue weighted by Crippen LogP contribution is 2.45. The fraction of sp³-hybridized carbons (Fsp3) is 0.455. The second-order valence-corrected chi connectivity index (χ2v) is 7.18.